The van der Waals surface area contributed by atoms with Gasteiger partial charge in [0.2, 0.25) is 0 Å². The average Bonchev–Trinajstić information content (AvgIpc) is 2.59. The van der Waals surface area contributed by atoms with E-state index >= 15 is 0 Å². The van der Waals surface area contributed by atoms with Gasteiger partial charge in [0.15, 0.2) is 15.8 Å². The monoisotopic (exact) mass is 385 g/mol. The van der Waals surface area contributed by atoms with Crippen LogP contribution in [-0.4, -0.2) is 33.6 Å². The number of nitriles is 1. The quantitative estimate of drug-likeness (QED) is 0.599. The molecular weight excluding hydrogens is 366 g/mol. The minimum absolute atomic E-state index is 0.0490. The van der Waals surface area contributed by atoms with Crippen LogP contribution in [-0.2, 0) is 9.84 Å². The highest BCUT2D eigenvalue weighted by molar-refractivity contribution is 7.90. The van der Waals surface area contributed by atoms with E-state index in [0.717, 1.165) is 6.26 Å². The van der Waals surface area contributed by atoms with Gasteiger partial charge in [0, 0.05) is 24.6 Å². The third-order valence-electron chi connectivity index (χ3n) is 3.89. The van der Waals surface area contributed by atoms with Gasteiger partial charge in [0.1, 0.15) is 0 Å². The van der Waals surface area contributed by atoms with E-state index < -0.39 is 21.7 Å². The molecule has 4 N–H and O–H groups in total. The second kappa shape index (κ2) is 7.47. The lowest BCUT2D eigenvalue weighted by Gasteiger charge is -2.23. The molecule has 0 atom stereocenters. The van der Waals surface area contributed by atoms with E-state index in [0.29, 0.717) is 22.5 Å². The fourth-order valence-corrected chi connectivity index (χ4v) is 3.47. The number of nitrogens with two attached hydrogens (primary N) is 2. The van der Waals surface area contributed by atoms with Crippen molar-refractivity contribution in [2.24, 2.45) is 16.5 Å². The van der Waals surface area contributed by atoms with Crippen LogP contribution in [0.4, 0.5) is 11.4 Å². The van der Waals surface area contributed by atoms with Crippen molar-refractivity contribution in [3.05, 3.63) is 53.1 Å². The third kappa shape index (κ3) is 4.43. The van der Waals surface area contributed by atoms with Gasteiger partial charge in [-0.2, -0.15) is 10.3 Å². The molecule has 0 aliphatic carbocycles. The van der Waals surface area contributed by atoms with Gasteiger partial charge >= 0.3 is 0 Å². The van der Waals surface area contributed by atoms with Gasteiger partial charge in [-0.3, -0.25) is 4.79 Å². The molecule has 0 saturated carbocycles. The van der Waals surface area contributed by atoms with E-state index in [2.05, 4.69) is 4.99 Å². The van der Waals surface area contributed by atoms with Crippen molar-refractivity contribution in [3.63, 3.8) is 0 Å². The van der Waals surface area contributed by atoms with Crippen LogP contribution in [0.2, 0.25) is 0 Å². The lowest BCUT2D eigenvalue weighted by molar-refractivity contribution is 0.100. The molecule has 140 valence electrons. The van der Waals surface area contributed by atoms with E-state index in [1.807, 2.05) is 6.07 Å². The van der Waals surface area contributed by atoms with Crippen LogP contribution in [0.15, 0.2) is 46.3 Å². The van der Waals surface area contributed by atoms with E-state index in [1.54, 1.807) is 49.2 Å². The van der Waals surface area contributed by atoms with Crippen molar-refractivity contribution in [1.29, 1.82) is 5.26 Å². The maximum atomic E-state index is 12.3. The van der Waals surface area contributed by atoms with E-state index in [4.69, 9.17) is 16.7 Å². The molecule has 8 nitrogen and oxygen atoms in total. The van der Waals surface area contributed by atoms with Gasteiger partial charge in [0.05, 0.1) is 22.2 Å². The Balaban J connectivity index is 2.69. The summed E-state index contributed by atoms with van der Waals surface area (Å²) in [5.41, 5.74) is 12.5. The Kier molecular flexibility index (Phi) is 5.52. The maximum absolute atomic E-state index is 12.3. The van der Waals surface area contributed by atoms with Gasteiger partial charge in [-0.15, -0.1) is 0 Å². The summed E-state index contributed by atoms with van der Waals surface area (Å²) < 4.78 is 24.7. The molecule has 0 aliphatic rings. The highest BCUT2D eigenvalue weighted by Crippen LogP contribution is 2.33. The normalized spacial score (nSPS) is 10.7. The molecule has 0 bridgehead atoms. The van der Waals surface area contributed by atoms with Crippen LogP contribution in [0, 0.1) is 18.3 Å². The molecule has 0 aliphatic heterocycles. The predicted molar refractivity (Wildman–Crippen MR) is 104 cm³/mol. The molecule has 2 aromatic carbocycles. The Morgan fingerprint density at radius 2 is 1.89 bits per heavy atom. The lowest BCUT2D eigenvalue weighted by Crippen LogP contribution is -2.24. The number of hydrogen-bond acceptors (Lipinski definition) is 5. The number of carbonyl (C=O) groups is 1. The van der Waals surface area contributed by atoms with Crippen molar-refractivity contribution in [2.75, 3.05) is 18.2 Å². The number of carbonyl (C=O) groups excluding carboxylic acids is 1. The smallest absolute Gasteiger partial charge is 0.280 e. The fraction of sp³-hybridized carbons (Fsp3) is 0.167. The number of benzene rings is 2. The van der Waals surface area contributed by atoms with Gasteiger partial charge in [-0.25, -0.2) is 8.42 Å². The number of amides is 1. The molecule has 27 heavy (non-hydrogen) atoms. The summed E-state index contributed by atoms with van der Waals surface area (Å²) in [5.74, 6) is -1.13. The molecule has 0 unspecified atom stereocenters. The zero-order valence-corrected chi connectivity index (χ0v) is 15.9. The largest absolute Gasteiger partial charge is 0.370 e. The number of hydrogen-bond donors (Lipinski definition) is 2. The molecule has 2 aromatic rings. The number of sulfone groups is 1. The zero-order valence-electron chi connectivity index (χ0n) is 15.1. The van der Waals surface area contributed by atoms with E-state index in [9.17, 15) is 13.2 Å². The molecule has 0 fully saturated rings. The minimum Gasteiger partial charge on any atom is -0.370 e. The summed E-state index contributed by atoms with van der Waals surface area (Å²) in [5, 5.41) is 9.08. The van der Waals surface area contributed by atoms with E-state index in [-0.39, 0.29) is 10.5 Å². The summed E-state index contributed by atoms with van der Waals surface area (Å²) >= 11 is 0. The maximum Gasteiger partial charge on any atom is 0.280 e. The second-order valence-corrected chi connectivity index (χ2v) is 7.95. The fourth-order valence-electron chi connectivity index (χ4n) is 2.56. The van der Waals surface area contributed by atoms with Crippen molar-refractivity contribution < 1.29 is 13.2 Å². The molecule has 9 heteroatoms. The molecule has 0 heterocycles. The Hall–Kier alpha value is -3.38. The molecule has 1 amide bonds. The highest BCUT2D eigenvalue weighted by atomic mass is 32.2. The summed E-state index contributed by atoms with van der Waals surface area (Å²) in [6.07, 6.45) is 1.05. The molecule has 0 aromatic heterocycles. The Labute approximate surface area is 157 Å². The first-order chi connectivity index (χ1) is 12.5. The number of aliphatic imine (C=N–C) groups is 1. The van der Waals surface area contributed by atoms with Crippen molar-refractivity contribution in [3.8, 4) is 6.07 Å². The van der Waals surface area contributed by atoms with Gasteiger partial charge in [0.25, 0.3) is 5.91 Å². The average molecular weight is 385 g/mol. The lowest BCUT2D eigenvalue weighted by atomic mass is 10.1. The van der Waals surface area contributed by atoms with Gasteiger partial charge < -0.3 is 16.4 Å². The van der Waals surface area contributed by atoms with Crippen LogP contribution in [0.1, 0.15) is 21.5 Å². The zero-order chi connectivity index (χ0) is 20.4. The second-order valence-electron chi connectivity index (χ2n) is 5.97. The number of anilines is 2. The molecule has 2 rings (SSSR count). The van der Waals surface area contributed by atoms with E-state index in [1.165, 1.54) is 6.07 Å². The number of nitrogens with zero attached hydrogens (tertiary/aromatic N) is 3. The first-order valence-corrected chi connectivity index (χ1v) is 9.66. The number of guanidine groups is 1. The predicted octanol–water partition coefficient (Wildman–Crippen LogP) is 1.45. The molecule has 0 spiro atoms. The van der Waals surface area contributed by atoms with Gasteiger partial charge in [-0.05, 0) is 42.8 Å². The Morgan fingerprint density at radius 1 is 1.22 bits per heavy atom. The minimum atomic E-state index is -3.67. The van der Waals surface area contributed by atoms with Crippen LogP contribution in [0.3, 0.4) is 0 Å². The van der Waals surface area contributed by atoms with Crippen LogP contribution in [0.5, 0.6) is 0 Å². The van der Waals surface area contributed by atoms with Crippen LogP contribution in [0.25, 0.3) is 0 Å². The highest BCUT2D eigenvalue weighted by Gasteiger charge is 2.22. The Morgan fingerprint density at radius 3 is 2.44 bits per heavy atom. The summed E-state index contributed by atoms with van der Waals surface area (Å²) in [4.78, 5) is 17.3. The number of rotatable bonds is 4. The van der Waals surface area contributed by atoms with Crippen molar-refractivity contribution in [2.45, 2.75) is 11.8 Å². The topological polar surface area (TPSA) is 143 Å². The first kappa shape index (κ1) is 19.9. The Bertz CT molecular complexity index is 1080. The van der Waals surface area contributed by atoms with Gasteiger partial charge in [-0.1, -0.05) is 6.07 Å². The molecule has 0 saturated heterocycles. The third-order valence-corrected chi connectivity index (χ3v) is 5.02. The number of aryl methyl sites for hydroxylation is 1. The first-order valence-electron chi connectivity index (χ1n) is 7.77. The van der Waals surface area contributed by atoms with Crippen molar-refractivity contribution >= 4 is 33.1 Å². The van der Waals surface area contributed by atoms with Crippen LogP contribution < -0.4 is 16.4 Å². The molecular formula is C18H19N5O3S. The summed E-state index contributed by atoms with van der Waals surface area (Å²) in [6, 6.07) is 11.6. The summed E-state index contributed by atoms with van der Waals surface area (Å²) in [6.45, 7) is 1.66. The molecule has 0 radical (unpaired) electrons. The van der Waals surface area contributed by atoms with Crippen LogP contribution >= 0.6 is 0 Å². The standard InChI is InChI=1S/C18H19N5O3S/c1-11-7-15(23(2)13-6-4-5-12(8-13)10-19)16(27(3,25)26)9-14(11)17(24)22-18(20)21/h4-9H,1-3H3,(H4,20,21,22,24). The summed E-state index contributed by atoms with van der Waals surface area (Å²) in [7, 11) is -2.00. The van der Waals surface area contributed by atoms with Crippen molar-refractivity contribution in [1.82, 2.24) is 0 Å². The SMILES string of the molecule is Cc1cc(N(C)c2cccc(C#N)c2)c(S(C)(=O)=O)cc1C(=O)N=C(N)N.